The van der Waals surface area contributed by atoms with Crippen LogP contribution in [0, 0.1) is 20.8 Å². The van der Waals surface area contributed by atoms with E-state index in [1.165, 1.54) is 6.26 Å². The lowest BCUT2D eigenvalue weighted by Crippen LogP contribution is -2.28. The molecule has 0 saturated heterocycles. The predicted molar refractivity (Wildman–Crippen MR) is 124 cm³/mol. The average molecular weight is 434 g/mol. The van der Waals surface area contributed by atoms with Crippen LogP contribution in [0.25, 0.3) is 33.0 Å². The number of nitrogens with zero attached hydrogens (tertiary/aromatic N) is 1. The van der Waals surface area contributed by atoms with Gasteiger partial charge in [-0.15, -0.1) is 0 Å². The van der Waals surface area contributed by atoms with E-state index < -0.39 is 17.7 Å². The Hall–Kier alpha value is -3.38. The average Bonchev–Trinajstić information content (AvgIpc) is 3.19. The van der Waals surface area contributed by atoms with Crippen molar-refractivity contribution >= 4 is 27.8 Å². The standard InChI is InChI=1S/C26H27NO5/c1-13-7-9-16(10-8-13)18-14(2)20-21(27-24(28)17-11-12-31-22(17)20)15(3)19(18)23(25(29)30)32-26(4,5)6/h7-12,23H,1-6H3,(H,27,28)(H,29,30)/t23-/m0/s1. The SMILES string of the molecule is Cc1ccc(-c2c([C@H](OC(C)(C)C)C(=O)O)c(C)c3nc(O)c4ccoc4c3c2C)cc1. The van der Waals surface area contributed by atoms with Gasteiger partial charge in [-0.1, -0.05) is 29.8 Å². The zero-order valence-corrected chi connectivity index (χ0v) is 19.1. The predicted octanol–water partition coefficient (Wildman–Crippen LogP) is 6.22. The van der Waals surface area contributed by atoms with Crippen LogP contribution in [0.4, 0.5) is 0 Å². The lowest BCUT2D eigenvalue weighted by molar-refractivity contribution is -0.160. The first-order chi connectivity index (χ1) is 15.0. The van der Waals surface area contributed by atoms with Crippen LogP contribution in [0.3, 0.4) is 0 Å². The third-order valence-corrected chi connectivity index (χ3v) is 5.66. The molecule has 2 heterocycles. The summed E-state index contributed by atoms with van der Waals surface area (Å²) in [7, 11) is 0. The van der Waals surface area contributed by atoms with Crippen LogP contribution in [0.15, 0.2) is 41.0 Å². The number of ether oxygens (including phenoxy) is 1. The largest absolute Gasteiger partial charge is 0.493 e. The number of aromatic nitrogens is 1. The summed E-state index contributed by atoms with van der Waals surface area (Å²) in [4.78, 5) is 16.9. The summed E-state index contributed by atoms with van der Waals surface area (Å²) in [5.41, 5.74) is 5.07. The van der Waals surface area contributed by atoms with E-state index in [0.717, 1.165) is 27.6 Å². The van der Waals surface area contributed by atoms with Gasteiger partial charge in [0, 0.05) is 10.9 Å². The van der Waals surface area contributed by atoms with Gasteiger partial charge in [-0.25, -0.2) is 9.78 Å². The fourth-order valence-corrected chi connectivity index (χ4v) is 4.28. The van der Waals surface area contributed by atoms with E-state index in [4.69, 9.17) is 9.15 Å². The Morgan fingerprint density at radius 3 is 2.31 bits per heavy atom. The van der Waals surface area contributed by atoms with Crippen LogP contribution in [0.2, 0.25) is 0 Å². The van der Waals surface area contributed by atoms with E-state index in [2.05, 4.69) is 4.98 Å². The number of carboxylic acid groups (broad SMARTS) is 1. The summed E-state index contributed by atoms with van der Waals surface area (Å²) in [6.07, 6.45) is 0.299. The maximum Gasteiger partial charge on any atom is 0.337 e. The molecule has 0 unspecified atom stereocenters. The number of hydrogen-bond acceptors (Lipinski definition) is 5. The first-order valence-corrected chi connectivity index (χ1v) is 10.5. The number of carbonyl (C=O) groups is 1. The zero-order valence-electron chi connectivity index (χ0n) is 19.1. The number of hydrogen-bond donors (Lipinski definition) is 2. The highest BCUT2D eigenvalue weighted by Crippen LogP contribution is 2.44. The van der Waals surface area contributed by atoms with Crippen molar-refractivity contribution in [2.45, 2.75) is 53.2 Å². The molecule has 0 fully saturated rings. The van der Waals surface area contributed by atoms with E-state index in [1.807, 2.05) is 65.8 Å². The normalized spacial score (nSPS) is 13.1. The molecule has 6 heteroatoms. The summed E-state index contributed by atoms with van der Waals surface area (Å²) < 4.78 is 11.8. The lowest BCUT2D eigenvalue weighted by atomic mass is 9.85. The number of fused-ring (bicyclic) bond motifs is 3. The maximum absolute atomic E-state index is 12.4. The van der Waals surface area contributed by atoms with Crippen molar-refractivity contribution < 1.29 is 24.2 Å². The van der Waals surface area contributed by atoms with Crippen molar-refractivity contribution in [3.63, 3.8) is 0 Å². The Morgan fingerprint density at radius 1 is 1.06 bits per heavy atom. The molecule has 2 N–H and O–H groups in total. The van der Waals surface area contributed by atoms with Crippen LogP contribution >= 0.6 is 0 Å². The van der Waals surface area contributed by atoms with Gasteiger partial charge < -0.3 is 19.4 Å². The van der Waals surface area contributed by atoms with Crippen LogP contribution < -0.4 is 0 Å². The molecule has 0 aliphatic carbocycles. The summed E-state index contributed by atoms with van der Waals surface area (Å²) in [5, 5.41) is 21.9. The Labute approximate surface area is 186 Å². The molecule has 1 atom stereocenters. The molecule has 0 saturated carbocycles. The number of aliphatic carboxylic acids is 1. The second kappa shape index (κ2) is 7.64. The third kappa shape index (κ3) is 3.60. The van der Waals surface area contributed by atoms with E-state index in [0.29, 0.717) is 27.6 Å². The molecule has 0 radical (unpaired) electrons. The van der Waals surface area contributed by atoms with Crippen molar-refractivity contribution in [1.82, 2.24) is 4.98 Å². The Balaban J connectivity index is 2.19. The van der Waals surface area contributed by atoms with Crippen molar-refractivity contribution in [1.29, 1.82) is 0 Å². The Morgan fingerprint density at radius 2 is 1.72 bits per heavy atom. The minimum atomic E-state index is -1.22. The molecule has 0 spiro atoms. The van der Waals surface area contributed by atoms with Gasteiger partial charge in [0.25, 0.3) is 0 Å². The van der Waals surface area contributed by atoms with Gasteiger partial charge in [0.05, 0.1) is 22.8 Å². The second-order valence-electron chi connectivity index (χ2n) is 9.18. The van der Waals surface area contributed by atoms with Crippen molar-refractivity contribution in [2.24, 2.45) is 0 Å². The van der Waals surface area contributed by atoms with Crippen molar-refractivity contribution in [3.8, 4) is 17.0 Å². The van der Waals surface area contributed by atoms with Gasteiger partial charge in [0.2, 0.25) is 5.88 Å². The van der Waals surface area contributed by atoms with Gasteiger partial charge in [-0.2, -0.15) is 0 Å². The van der Waals surface area contributed by atoms with Gasteiger partial charge >= 0.3 is 5.97 Å². The van der Waals surface area contributed by atoms with E-state index in [1.54, 1.807) is 6.07 Å². The second-order valence-corrected chi connectivity index (χ2v) is 9.18. The first-order valence-electron chi connectivity index (χ1n) is 10.5. The third-order valence-electron chi connectivity index (χ3n) is 5.66. The number of carboxylic acids is 1. The number of aryl methyl sites for hydroxylation is 3. The van der Waals surface area contributed by atoms with E-state index in [-0.39, 0.29) is 5.88 Å². The number of benzene rings is 2. The molecule has 0 aliphatic rings. The number of aromatic hydroxyl groups is 1. The molecule has 32 heavy (non-hydrogen) atoms. The van der Waals surface area contributed by atoms with E-state index in [9.17, 15) is 15.0 Å². The quantitative estimate of drug-likeness (QED) is 0.397. The molecule has 2 aromatic heterocycles. The van der Waals surface area contributed by atoms with Crippen LogP contribution in [-0.4, -0.2) is 26.8 Å². The van der Waals surface area contributed by atoms with Crippen molar-refractivity contribution in [3.05, 3.63) is 58.8 Å². The number of rotatable bonds is 4. The molecule has 4 aromatic rings. The fraction of sp³-hybridized carbons (Fsp3) is 0.308. The highest BCUT2D eigenvalue weighted by Gasteiger charge is 2.33. The molecule has 2 aromatic carbocycles. The Bertz CT molecular complexity index is 1340. The number of pyridine rings is 1. The van der Waals surface area contributed by atoms with Crippen molar-refractivity contribution in [2.75, 3.05) is 0 Å². The van der Waals surface area contributed by atoms with Crippen LogP contribution in [0.5, 0.6) is 5.88 Å². The molecule has 0 aliphatic heterocycles. The van der Waals surface area contributed by atoms with Gasteiger partial charge in [0.1, 0.15) is 5.58 Å². The van der Waals surface area contributed by atoms with Gasteiger partial charge in [-0.3, -0.25) is 0 Å². The summed E-state index contributed by atoms with van der Waals surface area (Å²) in [5.74, 6) is -1.24. The molecule has 4 rings (SSSR count). The highest BCUT2D eigenvalue weighted by atomic mass is 16.5. The molecular formula is C26H27NO5. The minimum Gasteiger partial charge on any atom is -0.493 e. The maximum atomic E-state index is 12.4. The van der Waals surface area contributed by atoms with Crippen LogP contribution in [0.1, 0.15) is 49.1 Å². The molecular weight excluding hydrogens is 406 g/mol. The zero-order chi connectivity index (χ0) is 23.4. The topological polar surface area (TPSA) is 92.8 Å². The molecule has 6 nitrogen and oxygen atoms in total. The first kappa shape index (κ1) is 21.8. The summed E-state index contributed by atoms with van der Waals surface area (Å²) in [6.45, 7) is 11.2. The summed E-state index contributed by atoms with van der Waals surface area (Å²) >= 11 is 0. The van der Waals surface area contributed by atoms with Crippen LogP contribution in [-0.2, 0) is 9.53 Å². The number of furan rings is 1. The lowest BCUT2D eigenvalue weighted by Gasteiger charge is -2.29. The molecule has 0 amide bonds. The Kier molecular flexibility index (Phi) is 5.21. The fourth-order valence-electron chi connectivity index (χ4n) is 4.28. The molecule has 166 valence electrons. The van der Waals surface area contributed by atoms with Gasteiger partial charge in [-0.05, 0) is 69.9 Å². The smallest absolute Gasteiger partial charge is 0.337 e. The highest BCUT2D eigenvalue weighted by molar-refractivity contribution is 6.10. The minimum absolute atomic E-state index is 0.151. The molecule has 0 bridgehead atoms. The summed E-state index contributed by atoms with van der Waals surface area (Å²) in [6, 6.07) is 9.63. The van der Waals surface area contributed by atoms with E-state index >= 15 is 0 Å². The van der Waals surface area contributed by atoms with Gasteiger partial charge in [0.15, 0.2) is 6.10 Å². The monoisotopic (exact) mass is 433 g/mol.